The van der Waals surface area contributed by atoms with E-state index in [0.29, 0.717) is 5.88 Å². The first-order valence-corrected chi connectivity index (χ1v) is 5.71. The Kier molecular flexibility index (Phi) is 4.30. The quantitative estimate of drug-likeness (QED) is 0.850. The minimum Gasteiger partial charge on any atom is -0.473 e. The number of nitrogens with zero attached hydrogens (tertiary/aromatic N) is 1. The van der Waals surface area contributed by atoms with Gasteiger partial charge < -0.3 is 10.1 Å². The van der Waals surface area contributed by atoms with Gasteiger partial charge in [0.25, 0.3) is 0 Å². The zero-order chi connectivity index (χ0) is 12.2. The molecule has 0 radical (unpaired) electrons. The van der Waals surface area contributed by atoms with E-state index in [4.69, 9.17) is 4.74 Å². The highest BCUT2D eigenvalue weighted by atomic mass is 16.5. The van der Waals surface area contributed by atoms with Crippen molar-refractivity contribution in [3.05, 3.63) is 23.9 Å². The number of nitrogens with one attached hydrogen (secondary N) is 1. The van der Waals surface area contributed by atoms with Gasteiger partial charge in [0.2, 0.25) is 5.88 Å². The zero-order valence-electron chi connectivity index (χ0n) is 10.9. The van der Waals surface area contributed by atoms with Crippen molar-refractivity contribution in [3.8, 4) is 5.88 Å². The van der Waals surface area contributed by atoms with Crippen LogP contribution in [0.25, 0.3) is 0 Å². The largest absolute Gasteiger partial charge is 0.473 e. The maximum absolute atomic E-state index is 5.72. The van der Waals surface area contributed by atoms with Crippen LogP contribution in [-0.2, 0) is 0 Å². The van der Waals surface area contributed by atoms with Gasteiger partial charge in [0, 0.05) is 24.3 Å². The molecule has 0 saturated heterocycles. The molecule has 1 aromatic heterocycles. The Morgan fingerprint density at radius 2 is 2.12 bits per heavy atom. The number of aryl methyl sites for hydroxylation is 1. The van der Waals surface area contributed by atoms with Gasteiger partial charge in [-0.25, -0.2) is 4.98 Å². The van der Waals surface area contributed by atoms with E-state index in [-0.39, 0.29) is 11.6 Å². The molecule has 16 heavy (non-hydrogen) atoms. The van der Waals surface area contributed by atoms with E-state index in [0.717, 1.165) is 6.54 Å². The molecule has 1 atom stereocenters. The second-order valence-corrected chi connectivity index (χ2v) is 5.23. The van der Waals surface area contributed by atoms with Crippen LogP contribution in [0.1, 0.15) is 33.3 Å². The predicted octanol–water partition coefficient (Wildman–Crippen LogP) is 2.55. The summed E-state index contributed by atoms with van der Waals surface area (Å²) >= 11 is 0. The first-order chi connectivity index (χ1) is 7.37. The molecule has 0 aliphatic carbocycles. The highest BCUT2D eigenvalue weighted by Gasteiger charge is 2.12. The van der Waals surface area contributed by atoms with Crippen LogP contribution in [0.4, 0.5) is 0 Å². The van der Waals surface area contributed by atoms with E-state index >= 15 is 0 Å². The molecule has 0 aliphatic rings. The van der Waals surface area contributed by atoms with Crippen LogP contribution in [0.5, 0.6) is 5.88 Å². The lowest BCUT2D eigenvalue weighted by atomic mass is 10.1. The fourth-order valence-electron chi connectivity index (χ4n) is 1.27. The van der Waals surface area contributed by atoms with Crippen LogP contribution in [0, 0.1) is 6.92 Å². The highest BCUT2D eigenvalue weighted by Crippen LogP contribution is 2.10. The molecule has 0 aromatic carbocycles. The predicted molar refractivity (Wildman–Crippen MR) is 66.8 cm³/mol. The maximum Gasteiger partial charge on any atom is 0.213 e. The Balaban J connectivity index is 2.43. The van der Waals surface area contributed by atoms with Gasteiger partial charge in [-0.2, -0.15) is 0 Å². The Hall–Kier alpha value is -1.09. The van der Waals surface area contributed by atoms with E-state index < -0.39 is 0 Å². The molecule has 1 N–H and O–H groups in total. The molecule has 0 spiro atoms. The number of pyridine rings is 1. The molecule has 0 amide bonds. The van der Waals surface area contributed by atoms with Gasteiger partial charge in [-0.1, -0.05) is 0 Å². The summed E-state index contributed by atoms with van der Waals surface area (Å²) < 4.78 is 5.72. The maximum atomic E-state index is 5.72. The Morgan fingerprint density at radius 3 is 2.69 bits per heavy atom. The van der Waals surface area contributed by atoms with Gasteiger partial charge in [-0.3, -0.25) is 0 Å². The van der Waals surface area contributed by atoms with Crippen LogP contribution < -0.4 is 10.1 Å². The first-order valence-electron chi connectivity index (χ1n) is 5.71. The summed E-state index contributed by atoms with van der Waals surface area (Å²) in [7, 11) is 0. The SMILES string of the molecule is Cc1ccnc(O[C@H](C)CNC(C)(C)C)c1. The van der Waals surface area contributed by atoms with Crippen LogP contribution in [0.15, 0.2) is 18.3 Å². The number of ether oxygens (including phenoxy) is 1. The lowest BCUT2D eigenvalue weighted by Crippen LogP contribution is -2.41. The van der Waals surface area contributed by atoms with Crippen molar-refractivity contribution < 1.29 is 4.74 Å². The fourth-order valence-corrected chi connectivity index (χ4v) is 1.27. The molecule has 90 valence electrons. The monoisotopic (exact) mass is 222 g/mol. The third-order valence-electron chi connectivity index (χ3n) is 2.13. The molecule has 0 saturated carbocycles. The third kappa shape index (κ3) is 5.12. The normalized spacial score (nSPS) is 13.6. The molecule has 0 bridgehead atoms. The minimum atomic E-state index is 0.119. The number of rotatable bonds is 4. The topological polar surface area (TPSA) is 34.1 Å². The average molecular weight is 222 g/mol. The van der Waals surface area contributed by atoms with Crippen molar-refractivity contribution in [1.82, 2.24) is 10.3 Å². The van der Waals surface area contributed by atoms with Gasteiger partial charge in [-0.05, 0) is 46.2 Å². The molecule has 1 aromatic rings. The standard InChI is InChI=1S/C13H22N2O/c1-10-6-7-14-12(8-10)16-11(2)9-15-13(3,4)5/h6-8,11,15H,9H2,1-5H3/t11-/m1/s1. The van der Waals surface area contributed by atoms with Gasteiger partial charge in [0.05, 0.1) is 0 Å². The molecule has 0 fully saturated rings. The first kappa shape index (κ1) is 13.0. The lowest BCUT2D eigenvalue weighted by molar-refractivity contribution is 0.195. The van der Waals surface area contributed by atoms with E-state index in [1.165, 1.54) is 5.56 Å². The van der Waals surface area contributed by atoms with Crippen molar-refractivity contribution in [2.45, 2.75) is 46.3 Å². The highest BCUT2D eigenvalue weighted by molar-refractivity contribution is 5.18. The smallest absolute Gasteiger partial charge is 0.213 e. The minimum absolute atomic E-state index is 0.119. The number of hydrogen-bond donors (Lipinski definition) is 1. The Labute approximate surface area is 98.2 Å². The number of hydrogen-bond acceptors (Lipinski definition) is 3. The van der Waals surface area contributed by atoms with Gasteiger partial charge in [-0.15, -0.1) is 0 Å². The van der Waals surface area contributed by atoms with Crippen LogP contribution in [-0.4, -0.2) is 23.2 Å². The summed E-state index contributed by atoms with van der Waals surface area (Å²) in [4.78, 5) is 4.17. The van der Waals surface area contributed by atoms with Crippen molar-refractivity contribution in [3.63, 3.8) is 0 Å². The fraction of sp³-hybridized carbons (Fsp3) is 0.615. The second kappa shape index (κ2) is 5.30. The molecule has 3 heteroatoms. The van der Waals surface area contributed by atoms with Crippen molar-refractivity contribution >= 4 is 0 Å². The third-order valence-corrected chi connectivity index (χ3v) is 2.13. The molecular formula is C13H22N2O. The Bertz CT molecular complexity index is 331. The van der Waals surface area contributed by atoms with Crippen molar-refractivity contribution in [2.75, 3.05) is 6.54 Å². The average Bonchev–Trinajstić information content (AvgIpc) is 2.14. The van der Waals surface area contributed by atoms with Gasteiger partial charge in [0.15, 0.2) is 0 Å². The van der Waals surface area contributed by atoms with E-state index in [9.17, 15) is 0 Å². The zero-order valence-corrected chi connectivity index (χ0v) is 10.9. The summed E-state index contributed by atoms with van der Waals surface area (Å²) in [5.41, 5.74) is 1.29. The molecule has 3 nitrogen and oxygen atoms in total. The Morgan fingerprint density at radius 1 is 1.44 bits per heavy atom. The van der Waals surface area contributed by atoms with Crippen molar-refractivity contribution in [1.29, 1.82) is 0 Å². The van der Waals surface area contributed by atoms with Gasteiger partial charge >= 0.3 is 0 Å². The summed E-state index contributed by atoms with van der Waals surface area (Å²) in [6.45, 7) is 11.3. The summed E-state index contributed by atoms with van der Waals surface area (Å²) in [5, 5.41) is 3.40. The van der Waals surface area contributed by atoms with E-state index in [2.05, 4.69) is 31.1 Å². The molecular weight excluding hydrogens is 200 g/mol. The van der Waals surface area contributed by atoms with E-state index in [1.807, 2.05) is 26.0 Å². The molecule has 1 heterocycles. The number of aromatic nitrogens is 1. The molecule has 1 rings (SSSR count). The molecule has 0 aliphatic heterocycles. The summed E-state index contributed by atoms with van der Waals surface area (Å²) in [6.07, 6.45) is 1.89. The van der Waals surface area contributed by atoms with E-state index in [1.54, 1.807) is 6.20 Å². The van der Waals surface area contributed by atoms with Gasteiger partial charge in [0.1, 0.15) is 6.10 Å². The second-order valence-electron chi connectivity index (χ2n) is 5.23. The van der Waals surface area contributed by atoms with Crippen LogP contribution in [0.3, 0.4) is 0 Å². The summed E-state index contributed by atoms with van der Waals surface area (Å²) in [6, 6.07) is 3.92. The van der Waals surface area contributed by atoms with Crippen LogP contribution in [0.2, 0.25) is 0 Å². The molecule has 0 unspecified atom stereocenters. The van der Waals surface area contributed by atoms with Crippen LogP contribution >= 0.6 is 0 Å². The summed E-state index contributed by atoms with van der Waals surface area (Å²) in [5.74, 6) is 0.697. The lowest BCUT2D eigenvalue weighted by Gasteiger charge is -2.23. The van der Waals surface area contributed by atoms with Crippen molar-refractivity contribution in [2.24, 2.45) is 0 Å².